The molecule has 0 amide bonds. The number of hydrogen-bond donors (Lipinski definition) is 2. The first-order valence-corrected chi connectivity index (χ1v) is 10.8. The molecular formula is C25H36IN5. The molecule has 2 N–H and O–H groups in total. The molecule has 1 aliphatic rings. The second-order valence-electron chi connectivity index (χ2n) is 7.94. The first kappa shape index (κ1) is 25.2. The molecule has 3 rings (SSSR count). The van der Waals surface area contributed by atoms with Crippen molar-refractivity contribution in [3.05, 3.63) is 77.9 Å². The van der Waals surface area contributed by atoms with E-state index in [2.05, 4.69) is 106 Å². The van der Waals surface area contributed by atoms with E-state index in [-0.39, 0.29) is 24.0 Å². The average molecular weight is 534 g/mol. The van der Waals surface area contributed by atoms with Gasteiger partial charge in [-0.05, 0) is 43.7 Å². The van der Waals surface area contributed by atoms with E-state index in [1.54, 1.807) is 0 Å². The van der Waals surface area contributed by atoms with Crippen LogP contribution in [0.3, 0.4) is 0 Å². The summed E-state index contributed by atoms with van der Waals surface area (Å²) in [4.78, 5) is 9.13. The van der Waals surface area contributed by atoms with E-state index >= 15 is 0 Å². The Morgan fingerprint density at radius 3 is 2.45 bits per heavy atom. The molecule has 5 nitrogen and oxygen atoms in total. The van der Waals surface area contributed by atoms with Gasteiger partial charge in [-0.1, -0.05) is 54.6 Å². The van der Waals surface area contributed by atoms with Crippen molar-refractivity contribution in [1.29, 1.82) is 0 Å². The van der Waals surface area contributed by atoms with Gasteiger partial charge in [0.2, 0.25) is 0 Å². The number of hydrogen-bond acceptors (Lipinski definition) is 3. The third-order valence-electron chi connectivity index (χ3n) is 5.66. The highest BCUT2D eigenvalue weighted by Gasteiger charge is 2.10. The summed E-state index contributed by atoms with van der Waals surface area (Å²) in [5, 5.41) is 6.89. The summed E-state index contributed by atoms with van der Waals surface area (Å²) in [6.07, 6.45) is 5.49. The quantitative estimate of drug-likeness (QED) is 0.219. The zero-order chi connectivity index (χ0) is 21.2. The fraction of sp³-hybridized carbons (Fsp3) is 0.400. The predicted molar refractivity (Wildman–Crippen MR) is 143 cm³/mol. The van der Waals surface area contributed by atoms with Crippen LogP contribution in [-0.4, -0.2) is 50.6 Å². The van der Waals surface area contributed by atoms with Gasteiger partial charge in [-0.25, -0.2) is 0 Å². The number of nitrogens with zero attached hydrogens (tertiary/aromatic N) is 3. The molecule has 0 spiro atoms. The summed E-state index contributed by atoms with van der Waals surface area (Å²) in [6, 6.07) is 19.8. The van der Waals surface area contributed by atoms with Crippen molar-refractivity contribution in [3.8, 4) is 0 Å². The van der Waals surface area contributed by atoms with E-state index in [1.807, 2.05) is 7.05 Å². The minimum atomic E-state index is 0. The Balaban J connectivity index is 0.00000341. The Labute approximate surface area is 204 Å². The molecule has 0 aromatic heterocycles. The molecule has 1 aliphatic heterocycles. The molecule has 0 aliphatic carbocycles. The monoisotopic (exact) mass is 533 g/mol. The van der Waals surface area contributed by atoms with Crippen LogP contribution < -0.4 is 15.5 Å². The van der Waals surface area contributed by atoms with Gasteiger partial charge in [0.25, 0.3) is 0 Å². The van der Waals surface area contributed by atoms with Crippen LogP contribution in [0.4, 0.5) is 5.69 Å². The predicted octanol–water partition coefficient (Wildman–Crippen LogP) is 4.26. The number of benzene rings is 2. The van der Waals surface area contributed by atoms with Crippen LogP contribution in [0.25, 0.3) is 0 Å². The van der Waals surface area contributed by atoms with Crippen LogP contribution in [0.5, 0.6) is 0 Å². The van der Waals surface area contributed by atoms with E-state index < -0.39 is 0 Å². The molecule has 0 radical (unpaired) electrons. The Morgan fingerprint density at radius 1 is 1.03 bits per heavy atom. The Kier molecular flexibility index (Phi) is 10.9. The van der Waals surface area contributed by atoms with Crippen LogP contribution >= 0.6 is 24.0 Å². The van der Waals surface area contributed by atoms with E-state index in [4.69, 9.17) is 0 Å². The molecule has 0 fully saturated rings. The molecule has 6 heteroatoms. The second-order valence-corrected chi connectivity index (χ2v) is 7.94. The second kappa shape index (κ2) is 13.4. The molecule has 31 heavy (non-hydrogen) atoms. The molecule has 168 valence electrons. The minimum absolute atomic E-state index is 0. The first-order chi connectivity index (χ1) is 14.7. The van der Waals surface area contributed by atoms with E-state index in [0.29, 0.717) is 6.04 Å². The van der Waals surface area contributed by atoms with Crippen molar-refractivity contribution in [3.63, 3.8) is 0 Å². The van der Waals surface area contributed by atoms with Crippen LogP contribution in [0.1, 0.15) is 24.5 Å². The molecule has 1 unspecified atom stereocenters. The summed E-state index contributed by atoms with van der Waals surface area (Å²) in [7, 11) is 4.01. The third-order valence-corrected chi connectivity index (χ3v) is 5.66. The summed E-state index contributed by atoms with van der Waals surface area (Å²) in [5.74, 6) is 0.848. The topological polar surface area (TPSA) is 42.9 Å². The minimum Gasteiger partial charge on any atom is -0.364 e. The molecule has 2 aromatic rings. The highest BCUT2D eigenvalue weighted by Crippen LogP contribution is 2.18. The van der Waals surface area contributed by atoms with Crippen LogP contribution in [0.2, 0.25) is 0 Å². The molecule has 2 aromatic carbocycles. The van der Waals surface area contributed by atoms with Gasteiger partial charge >= 0.3 is 0 Å². The number of anilines is 1. The average Bonchev–Trinajstić information content (AvgIpc) is 3.32. The van der Waals surface area contributed by atoms with Gasteiger partial charge in [0.15, 0.2) is 5.96 Å². The van der Waals surface area contributed by atoms with Gasteiger partial charge in [0.1, 0.15) is 0 Å². The summed E-state index contributed by atoms with van der Waals surface area (Å²) >= 11 is 0. The van der Waals surface area contributed by atoms with Crippen molar-refractivity contribution in [1.82, 2.24) is 15.5 Å². The van der Waals surface area contributed by atoms with Gasteiger partial charge in [-0.15, -0.1) is 24.0 Å². The van der Waals surface area contributed by atoms with Gasteiger partial charge < -0.3 is 15.5 Å². The number of aliphatic imine (C=N–C) groups is 1. The number of halogens is 1. The van der Waals surface area contributed by atoms with Crippen molar-refractivity contribution < 1.29 is 0 Å². The Bertz CT molecular complexity index is 829. The Hall–Kier alpha value is -2.06. The maximum atomic E-state index is 4.37. The zero-order valence-electron chi connectivity index (χ0n) is 18.9. The fourth-order valence-electron chi connectivity index (χ4n) is 3.61. The van der Waals surface area contributed by atoms with Crippen molar-refractivity contribution in [2.45, 2.75) is 32.5 Å². The van der Waals surface area contributed by atoms with Gasteiger partial charge in [0.05, 0.1) is 0 Å². The number of nitrogens with one attached hydrogen (secondary N) is 2. The molecule has 1 heterocycles. The summed E-state index contributed by atoms with van der Waals surface area (Å²) < 4.78 is 0. The van der Waals surface area contributed by atoms with Crippen molar-refractivity contribution in [2.75, 3.05) is 38.6 Å². The lowest BCUT2D eigenvalue weighted by Crippen LogP contribution is -2.39. The lowest BCUT2D eigenvalue weighted by Gasteiger charge is -2.25. The maximum Gasteiger partial charge on any atom is 0.191 e. The SMILES string of the molecule is CN=C(NCCC(C)N(C)Cc1ccccc1)NCc1cccc(N2CC=CC2)c1.I. The third kappa shape index (κ3) is 8.18. The molecule has 0 bridgehead atoms. The summed E-state index contributed by atoms with van der Waals surface area (Å²) in [5.41, 5.74) is 3.89. The number of rotatable bonds is 9. The standard InChI is InChI=1S/C25H35N5.HI/c1-21(29(3)20-22-10-5-4-6-11-22)14-15-27-25(26-2)28-19-23-12-9-13-24(18-23)30-16-7-8-17-30;/h4-13,18,21H,14-17,19-20H2,1-3H3,(H2,26,27,28);1H. The largest absolute Gasteiger partial charge is 0.364 e. The lowest BCUT2D eigenvalue weighted by molar-refractivity contribution is 0.238. The van der Waals surface area contributed by atoms with Crippen LogP contribution in [-0.2, 0) is 13.1 Å². The molecule has 1 atom stereocenters. The zero-order valence-corrected chi connectivity index (χ0v) is 21.3. The van der Waals surface area contributed by atoms with Crippen LogP contribution in [0, 0.1) is 0 Å². The van der Waals surface area contributed by atoms with Gasteiger partial charge in [-0.2, -0.15) is 0 Å². The lowest BCUT2D eigenvalue weighted by atomic mass is 10.1. The highest BCUT2D eigenvalue weighted by molar-refractivity contribution is 14.0. The first-order valence-electron chi connectivity index (χ1n) is 10.8. The summed E-state index contributed by atoms with van der Waals surface area (Å²) in [6.45, 7) is 6.89. The molecular weight excluding hydrogens is 497 g/mol. The van der Waals surface area contributed by atoms with E-state index in [1.165, 1.54) is 16.8 Å². The number of guanidine groups is 1. The van der Waals surface area contributed by atoms with Crippen molar-refractivity contribution in [2.24, 2.45) is 4.99 Å². The molecule has 0 saturated carbocycles. The van der Waals surface area contributed by atoms with Crippen LogP contribution in [0.15, 0.2) is 71.7 Å². The van der Waals surface area contributed by atoms with Crippen molar-refractivity contribution >= 4 is 35.6 Å². The highest BCUT2D eigenvalue weighted by atomic mass is 127. The maximum absolute atomic E-state index is 4.37. The smallest absolute Gasteiger partial charge is 0.191 e. The fourth-order valence-corrected chi connectivity index (χ4v) is 3.61. The van der Waals surface area contributed by atoms with Gasteiger partial charge in [0, 0.05) is 51.5 Å². The normalized spacial score (nSPS) is 14.5. The van der Waals surface area contributed by atoms with E-state index in [0.717, 1.165) is 45.1 Å². The Morgan fingerprint density at radius 2 is 1.74 bits per heavy atom. The van der Waals surface area contributed by atoms with E-state index in [9.17, 15) is 0 Å². The molecule has 0 saturated heterocycles. The van der Waals surface area contributed by atoms with Gasteiger partial charge in [-0.3, -0.25) is 9.89 Å².